The van der Waals surface area contributed by atoms with E-state index in [2.05, 4.69) is 10.3 Å². The molecule has 434 valence electrons. The summed E-state index contributed by atoms with van der Waals surface area (Å²) < 4.78 is 53.2. The summed E-state index contributed by atoms with van der Waals surface area (Å²) in [5.74, 6) is -4.48. The van der Waals surface area contributed by atoms with Crippen molar-refractivity contribution in [3.8, 4) is 0 Å². The zero-order valence-corrected chi connectivity index (χ0v) is 47.5. The Morgan fingerprint density at radius 3 is 2.37 bits per heavy atom. The third kappa shape index (κ3) is 15.0. The number of aliphatic hydroxyl groups excluding tert-OH is 2. The molecule has 0 aliphatic carbocycles. The number of unbranched alkanes of at least 4 members (excludes halogenated alkanes) is 2. The number of aliphatic imine (C=N–C) groups is 1. The highest BCUT2D eigenvalue weighted by Crippen LogP contribution is 2.49. The van der Waals surface area contributed by atoms with Gasteiger partial charge in [-0.1, -0.05) is 73.0 Å². The molecule has 0 saturated carbocycles. The summed E-state index contributed by atoms with van der Waals surface area (Å²) in [6, 6.07) is 14.0. The van der Waals surface area contributed by atoms with Gasteiger partial charge in [0.15, 0.2) is 11.5 Å². The van der Waals surface area contributed by atoms with Crippen molar-refractivity contribution in [1.82, 2.24) is 10.2 Å². The Morgan fingerprint density at radius 2 is 1.70 bits per heavy atom. The summed E-state index contributed by atoms with van der Waals surface area (Å²) in [5, 5.41) is 35.1. The molecule has 4 bridgehead atoms. The molecule has 23 heteroatoms. The second-order valence-corrected chi connectivity index (χ2v) is 23.0. The summed E-state index contributed by atoms with van der Waals surface area (Å²) in [6.07, 6.45) is 5.04. The molecule has 0 spiro atoms. The zero-order chi connectivity index (χ0) is 59.1. The molecule has 3 aromatic rings. The van der Waals surface area contributed by atoms with Crippen LogP contribution in [-0.4, -0.2) is 150 Å². The first-order valence-electron chi connectivity index (χ1n) is 26.5. The number of imide groups is 1. The number of ether oxygens (including phenoxy) is 3. The number of benzene rings is 3. The van der Waals surface area contributed by atoms with E-state index in [0.717, 1.165) is 22.1 Å². The Bertz CT molecular complexity index is 3180. The number of alkyl carbamates (subject to hydrolysis) is 1. The van der Waals surface area contributed by atoms with Gasteiger partial charge in [-0.3, -0.25) is 48.5 Å². The van der Waals surface area contributed by atoms with Crippen LogP contribution in [0, 0.1) is 11.8 Å². The number of hydrogen-bond acceptors (Lipinski definition) is 17. The standard InChI is InChI=1S/C58H68ClN5O16S/c1-34-11-10-12-41(33-66)58(74)29-47(78-56(73)61-58)35(2)55-57(4,80-55)49(28-52(71)63(6)45-26-38(23-34)24-40(32-65)54(45)59)79-53(72)31-62(5)42-17-15-39(16-18-42)36(3)60-30-46(68)44-19-14-37(27-48(44)81(75,76)77)25-43(67)13-8-7-9-22-64-50(69)20-21-51(64)70/h10-12,14-21,24,26-27,35,41,47,49,55,65-66,74H,7-9,13,22-23,25,28-33H2,1-6H3,(H,61,73)(H,75,76,77)/b12-10+,34-11+,60-36?/t35-,41+,47+,49+,55+,57+,58+/m1/s1. The number of nitrogens with one attached hydrogen (secondary N) is 1. The van der Waals surface area contributed by atoms with Crippen molar-refractivity contribution in [1.29, 1.82) is 0 Å². The molecule has 5 N–H and O–H groups in total. The van der Waals surface area contributed by atoms with Gasteiger partial charge in [-0.05, 0) is 92.6 Å². The number of halogens is 1. The number of amides is 4. The highest BCUT2D eigenvalue weighted by Gasteiger charge is 2.64. The molecule has 7 atom stereocenters. The molecule has 4 heterocycles. The van der Waals surface area contributed by atoms with Crippen molar-refractivity contribution < 1.29 is 76.1 Å². The average molecular weight is 1160 g/mol. The Balaban J connectivity index is 1.01. The summed E-state index contributed by atoms with van der Waals surface area (Å²) in [6.45, 7) is 5.44. The quantitative estimate of drug-likeness (QED) is 0.0190. The lowest BCUT2D eigenvalue weighted by Gasteiger charge is -2.42. The summed E-state index contributed by atoms with van der Waals surface area (Å²) >= 11 is 6.78. The second kappa shape index (κ2) is 25.9. The Hall–Kier alpha value is -6.92. The predicted octanol–water partition coefficient (Wildman–Crippen LogP) is 5.42. The number of Topliss-reactive ketones (excluding diaryl/α,β-unsaturated/α-hetero) is 2. The monoisotopic (exact) mass is 1160 g/mol. The van der Waals surface area contributed by atoms with Crippen LogP contribution in [0.15, 0.2) is 100 Å². The second-order valence-electron chi connectivity index (χ2n) is 21.2. The van der Waals surface area contributed by atoms with Crippen molar-refractivity contribution >= 4 is 80.2 Å². The number of allylic oxidation sites excluding steroid dienone is 3. The average Bonchev–Trinajstić information content (AvgIpc) is 4.21. The molecule has 2 fully saturated rings. The van der Waals surface area contributed by atoms with Gasteiger partial charge in [0.25, 0.3) is 21.9 Å². The molecular formula is C58H68ClN5O16S. The SMILES string of the molecule is CC(=NCC(=O)c1ccc(CC(=O)CCCCCN2C(=O)C=CC2=O)cc1S(=O)(=O)O)c1ccc(N(C)CC(=O)O[C@H]2CC(=O)N(C)c3cc(cc(CO)c3Cl)C/C(C)=C/C=C/[C@@H](CO)[C@@]3(O)C[C@H](OC(=O)N3)[C@@H](C)[C@@H]3O[C@@]23C)cc1. The molecule has 21 nitrogen and oxygen atoms in total. The maximum Gasteiger partial charge on any atom is 0.409 e. The Morgan fingerprint density at radius 1 is 1.00 bits per heavy atom. The fourth-order valence-corrected chi connectivity index (χ4v) is 11.4. The minimum atomic E-state index is -4.90. The van der Waals surface area contributed by atoms with Crippen LogP contribution >= 0.6 is 11.6 Å². The molecule has 4 aliphatic rings. The van der Waals surface area contributed by atoms with Gasteiger partial charge in [-0.2, -0.15) is 8.42 Å². The van der Waals surface area contributed by atoms with Gasteiger partial charge >= 0.3 is 12.1 Å². The fraction of sp³-hybridized carbons (Fsp3) is 0.448. The molecule has 0 radical (unpaired) electrons. The normalized spacial score (nSPS) is 25.3. The number of nitrogens with zero attached hydrogens (tertiary/aromatic N) is 4. The topological polar surface area (TPSA) is 300 Å². The first-order chi connectivity index (χ1) is 38.2. The van der Waals surface area contributed by atoms with E-state index in [1.807, 2.05) is 6.92 Å². The van der Waals surface area contributed by atoms with Crippen LogP contribution in [0.3, 0.4) is 0 Å². The molecule has 3 aromatic carbocycles. The molecule has 2 saturated heterocycles. The summed E-state index contributed by atoms with van der Waals surface area (Å²) in [7, 11) is -1.73. The molecular weight excluding hydrogens is 1090 g/mol. The fourth-order valence-electron chi connectivity index (χ4n) is 10.4. The number of ketones is 2. The van der Waals surface area contributed by atoms with Crippen molar-refractivity contribution in [2.45, 2.75) is 120 Å². The highest BCUT2D eigenvalue weighted by atomic mass is 35.5. The van der Waals surface area contributed by atoms with E-state index in [-0.39, 0.29) is 72.5 Å². The van der Waals surface area contributed by atoms with Gasteiger partial charge < -0.3 is 39.3 Å². The van der Waals surface area contributed by atoms with Gasteiger partial charge in [0, 0.05) is 80.9 Å². The van der Waals surface area contributed by atoms with E-state index in [9.17, 15) is 61.9 Å². The predicted molar refractivity (Wildman–Crippen MR) is 298 cm³/mol. The van der Waals surface area contributed by atoms with E-state index in [1.54, 1.807) is 87.3 Å². The van der Waals surface area contributed by atoms with E-state index >= 15 is 0 Å². The van der Waals surface area contributed by atoms with E-state index in [0.29, 0.717) is 53.9 Å². The van der Waals surface area contributed by atoms with Crippen LogP contribution in [-0.2, 0) is 67.7 Å². The number of likely N-dealkylation sites (N-methyl/N-ethyl adjacent to an activating group) is 1. The van der Waals surface area contributed by atoms with Gasteiger partial charge in [-0.25, -0.2) is 4.79 Å². The number of anilines is 2. The third-order valence-corrected chi connectivity index (χ3v) is 16.6. The highest BCUT2D eigenvalue weighted by molar-refractivity contribution is 7.86. The third-order valence-electron chi connectivity index (χ3n) is 15.2. The van der Waals surface area contributed by atoms with Gasteiger partial charge in [0.1, 0.15) is 41.6 Å². The molecule has 4 amide bonds. The van der Waals surface area contributed by atoms with Crippen LogP contribution in [0.4, 0.5) is 16.2 Å². The first kappa shape index (κ1) is 61.7. The van der Waals surface area contributed by atoms with E-state index < -0.39 is 100.0 Å². The maximum atomic E-state index is 14.4. The van der Waals surface area contributed by atoms with Crippen LogP contribution in [0.5, 0.6) is 0 Å². The number of hydrogen-bond donors (Lipinski definition) is 5. The van der Waals surface area contributed by atoms with Crippen molar-refractivity contribution in [2.75, 3.05) is 50.1 Å². The lowest BCUT2D eigenvalue weighted by atomic mass is 9.81. The zero-order valence-electron chi connectivity index (χ0n) is 45.9. The van der Waals surface area contributed by atoms with Crippen molar-refractivity contribution in [2.24, 2.45) is 16.8 Å². The molecule has 0 aromatic heterocycles. The van der Waals surface area contributed by atoms with Crippen LogP contribution in [0.25, 0.3) is 0 Å². The number of fused-ring (bicyclic) bond motifs is 5. The van der Waals surface area contributed by atoms with Crippen LogP contribution in [0.1, 0.15) is 98.8 Å². The minimum Gasteiger partial charge on any atom is -0.457 e. The van der Waals surface area contributed by atoms with Crippen LogP contribution in [0.2, 0.25) is 5.02 Å². The minimum absolute atomic E-state index is 0.139. The number of esters is 1. The lowest BCUT2D eigenvalue weighted by Crippen LogP contribution is -2.62. The number of carbonyl (C=O) groups excluding carboxylic acids is 7. The summed E-state index contributed by atoms with van der Waals surface area (Å²) in [4.78, 5) is 98.8. The molecule has 4 aliphatic heterocycles. The van der Waals surface area contributed by atoms with E-state index in [1.165, 1.54) is 36.2 Å². The maximum absolute atomic E-state index is 14.4. The van der Waals surface area contributed by atoms with Crippen molar-refractivity contribution in [3.63, 3.8) is 0 Å². The van der Waals surface area contributed by atoms with Gasteiger partial charge in [0.2, 0.25) is 5.91 Å². The first-order valence-corrected chi connectivity index (χ1v) is 28.3. The molecule has 81 heavy (non-hydrogen) atoms. The largest absolute Gasteiger partial charge is 0.457 e. The van der Waals surface area contributed by atoms with Gasteiger partial charge in [0.05, 0.1) is 36.4 Å². The molecule has 7 rings (SSSR count). The smallest absolute Gasteiger partial charge is 0.409 e. The Labute approximate surface area is 475 Å². The van der Waals surface area contributed by atoms with Crippen LogP contribution < -0.4 is 15.1 Å². The number of rotatable bonds is 19. The number of aliphatic hydroxyl groups is 3. The van der Waals surface area contributed by atoms with Crippen molar-refractivity contribution in [3.05, 3.63) is 123 Å². The van der Waals surface area contributed by atoms with Gasteiger partial charge in [-0.15, -0.1) is 0 Å². The number of carbonyl (C=O) groups is 7. The lowest BCUT2D eigenvalue weighted by molar-refractivity contribution is -0.152. The molecule has 0 unspecified atom stereocenters. The number of epoxide rings is 1. The summed E-state index contributed by atoms with van der Waals surface area (Å²) in [5.41, 5.74) is 0.543. The Kier molecular flexibility index (Phi) is 19.7. The van der Waals surface area contributed by atoms with E-state index in [4.69, 9.17) is 25.8 Å².